The summed E-state index contributed by atoms with van der Waals surface area (Å²) in [6.07, 6.45) is -5.40. The standard InChI is InChI=1S/C29H27ClF3N5O4/c1-16(34-27(41)42-28(2,3)4)24-36-22-14-8-12-20(30)23(22)25(39)38(24)18-10-7-9-17(15-18)35-26(40)37-21-13-6-5-11-19(21)29(31,32)33/h5-16H,1-4H3,(H,34,41)(H2,35,37,40)/t16-/m0/s1. The fraction of sp³-hybridized carbons (Fsp3) is 0.241. The van der Waals surface area contributed by atoms with Crippen LogP contribution in [-0.2, 0) is 10.9 Å². The molecule has 13 heteroatoms. The van der Waals surface area contributed by atoms with Crippen LogP contribution in [0.2, 0.25) is 5.02 Å². The Hall–Kier alpha value is -4.58. The van der Waals surface area contributed by atoms with Gasteiger partial charge >= 0.3 is 18.3 Å². The molecule has 0 unspecified atom stereocenters. The van der Waals surface area contributed by atoms with Crippen LogP contribution in [0.3, 0.4) is 0 Å². The molecule has 0 saturated carbocycles. The summed E-state index contributed by atoms with van der Waals surface area (Å²) in [5.41, 5.74) is -2.03. The summed E-state index contributed by atoms with van der Waals surface area (Å²) < 4.78 is 46.6. The molecular formula is C29H27ClF3N5O4. The number of para-hydroxylation sites is 1. The van der Waals surface area contributed by atoms with Gasteiger partial charge in [0.25, 0.3) is 5.56 Å². The third-order valence-electron chi connectivity index (χ3n) is 5.84. The SMILES string of the molecule is C[C@H](NC(=O)OC(C)(C)C)c1nc2cccc(Cl)c2c(=O)n1-c1cccc(NC(=O)Nc2ccccc2C(F)(F)F)c1. The maximum Gasteiger partial charge on any atom is 0.418 e. The van der Waals surface area contributed by atoms with E-state index in [-0.39, 0.29) is 27.6 Å². The van der Waals surface area contributed by atoms with E-state index in [2.05, 4.69) is 20.9 Å². The number of urea groups is 1. The number of anilines is 2. The number of hydrogen-bond donors (Lipinski definition) is 3. The molecule has 220 valence electrons. The van der Waals surface area contributed by atoms with Gasteiger partial charge in [-0.05, 0) is 70.2 Å². The first-order valence-corrected chi connectivity index (χ1v) is 13.1. The van der Waals surface area contributed by atoms with Crippen LogP contribution in [0.4, 0.5) is 34.1 Å². The number of amides is 3. The number of ether oxygens (including phenoxy) is 1. The van der Waals surface area contributed by atoms with Crippen molar-refractivity contribution in [1.82, 2.24) is 14.9 Å². The molecule has 1 heterocycles. The Morgan fingerprint density at radius 1 is 0.976 bits per heavy atom. The van der Waals surface area contributed by atoms with Gasteiger partial charge in [0.1, 0.15) is 11.4 Å². The van der Waals surface area contributed by atoms with E-state index in [9.17, 15) is 27.6 Å². The van der Waals surface area contributed by atoms with Crippen molar-refractivity contribution in [3.8, 4) is 5.69 Å². The van der Waals surface area contributed by atoms with E-state index in [0.717, 1.165) is 12.1 Å². The minimum Gasteiger partial charge on any atom is -0.444 e. The maximum atomic E-state index is 13.8. The average molecular weight is 602 g/mol. The van der Waals surface area contributed by atoms with Gasteiger partial charge in [0.05, 0.1) is 38.9 Å². The summed E-state index contributed by atoms with van der Waals surface area (Å²) >= 11 is 6.34. The number of alkyl halides is 3. The first-order valence-electron chi connectivity index (χ1n) is 12.7. The van der Waals surface area contributed by atoms with Crippen molar-refractivity contribution in [3.05, 3.63) is 93.5 Å². The zero-order valence-corrected chi connectivity index (χ0v) is 23.7. The second-order valence-corrected chi connectivity index (χ2v) is 10.7. The number of hydrogen-bond acceptors (Lipinski definition) is 5. The van der Waals surface area contributed by atoms with E-state index in [0.29, 0.717) is 5.52 Å². The normalized spacial score (nSPS) is 12.5. The van der Waals surface area contributed by atoms with Crippen LogP contribution in [0.15, 0.2) is 71.5 Å². The second kappa shape index (κ2) is 11.7. The van der Waals surface area contributed by atoms with Crippen molar-refractivity contribution in [2.24, 2.45) is 0 Å². The molecule has 0 aliphatic rings. The van der Waals surface area contributed by atoms with Gasteiger partial charge in [-0.2, -0.15) is 13.2 Å². The molecule has 9 nitrogen and oxygen atoms in total. The smallest absolute Gasteiger partial charge is 0.418 e. The highest BCUT2D eigenvalue weighted by Crippen LogP contribution is 2.34. The molecule has 3 N–H and O–H groups in total. The molecular weight excluding hydrogens is 575 g/mol. The number of fused-ring (bicyclic) bond motifs is 1. The van der Waals surface area contributed by atoms with Crippen molar-refractivity contribution < 1.29 is 27.5 Å². The third kappa shape index (κ3) is 7.00. The minimum absolute atomic E-state index is 0.132. The highest BCUT2D eigenvalue weighted by atomic mass is 35.5. The lowest BCUT2D eigenvalue weighted by molar-refractivity contribution is -0.136. The quantitative estimate of drug-likeness (QED) is 0.222. The lowest BCUT2D eigenvalue weighted by Crippen LogP contribution is -2.37. The molecule has 0 aliphatic carbocycles. The van der Waals surface area contributed by atoms with E-state index >= 15 is 0 Å². The number of nitrogens with zero attached hydrogens (tertiary/aromatic N) is 2. The van der Waals surface area contributed by atoms with Crippen LogP contribution >= 0.6 is 11.6 Å². The van der Waals surface area contributed by atoms with E-state index in [1.165, 1.54) is 34.9 Å². The van der Waals surface area contributed by atoms with Gasteiger partial charge in [0.15, 0.2) is 0 Å². The molecule has 0 fully saturated rings. The molecule has 0 aliphatic heterocycles. The molecule has 4 aromatic rings. The third-order valence-corrected chi connectivity index (χ3v) is 6.15. The summed E-state index contributed by atoms with van der Waals surface area (Å²) in [4.78, 5) is 43.6. The molecule has 3 aromatic carbocycles. The Morgan fingerprint density at radius 3 is 2.36 bits per heavy atom. The van der Waals surface area contributed by atoms with Crippen LogP contribution in [0, 0.1) is 0 Å². The average Bonchev–Trinajstić information content (AvgIpc) is 2.87. The van der Waals surface area contributed by atoms with Crippen molar-refractivity contribution >= 4 is 46.0 Å². The number of carbonyl (C=O) groups excluding carboxylic acids is 2. The fourth-order valence-corrected chi connectivity index (χ4v) is 4.39. The Bertz CT molecular complexity index is 1720. The molecule has 3 amide bonds. The van der Waals surface area contributed by atoms with Gasteiger partial charge < -0.3 is 20.7 Å². The maximum absolute atomic E-state index is 13.8. The van der Waals surface area contributed by atoms with Crippen LogP contribution in [0.5, 0.6) is 0 Å². The van der Waals surface area contributed by atoms with Crippen molar-refractivity contribution in [3.63, 3.8) is 0 Å². The molecule has 1 atom stereocenters. The molecule has 0 radical (unpaired) electrons. The first kappa shape index (κ1) is 30.4. The lowest BCUT2D eigenvalue weighted by Gasteiger charge is -2.23. The Kier molecular flexibility index (Phi) is 8.48. The van der Waals surface area contributed by atoms with Gasteiger partial charge in [-0.3, -0.25) is 9.36 Å². The number of carbonyl (C=O) groups is 2. The zero-order valence-electron chi connectivity index (χ0n) is 23.0. The van der Waals surface area contributed by atoms with Gasteiger partial charge in [-0.25, -0.2) is 14.6 Å². The van der Waals surface area contributed by atoms with Crippen molar-refractivity contribution in [2.45, 2.75) is 45.5 Å². The monoisotopic (exact) mass is 601 g/mol. The van der Waals surface area contributed by atoms with Crippen molar-refractivity contribution in [2.75, 3.05) is 10.6 Å². The number of nitrogens with one attached hydrogen (secondary N) is 3. The number of rotatable bonds is 5. The van der Waals surface area contributed by atoms with Gasteiger partial charge in [-0.15, -0.1) is 0 Å². The fourth-order valence-electron chi connectivity index (χ4n) is 4.14. The van der Waals surface area contributed by atoms with E-state index in [1.54, 1.807) is 52.0 Å². The number of aromatic nitrogens is 2. The van der Waals surface area contributed by atoms with E-state index in [1.807, 2.05) is 0 Å². The van der Waals surface area contributed by atoms with E-state index in [4.69, 9.17) is 16.3 Å². The van der Waals surface area contributed by atoms with Gasteiger partial charge in [0, 0.05) is 5.69 Å². The number of alkyl carbamates (subject to hydrolysis) is 1. The van der Waals surface area contributed by atoms with Gasteiger partial charge in [-0.1, -0.05) is 35.9 Å². The van der Waals surface area contributed by atoms with E-state index < -0.39 is 46.8 Å². The molecule has 4 rings (SSSR count). The lowest BCUT2D eigenvalue weighted by atomic mass is 10.1. The van der Waals surface area contributed by atoms with Crippen LogP contribution < -0.4 is 21.5 Å². The zero-order chi connectivity index (χ0) is 30.8. The molecule has 0 bridgehead atoms. The topological polar surface area (TPSA) is 114 Å². The van der Waals surface area contributed by atoms with Crippen LogP contribution in [0.25, 0.3) is 16.6 Å². The summed E-state index contributed by atoms with van der Waals surface area (Å²) in [5, 5.41) is 7.66. The van der Waals surface area contributed by atoms with Crippen molar-refractivity contribution in [1.29, 1.82) is 0 Å². The van der Waals surface area contributed by atoms with Crippen LogP contribution in [-0.4, -0.2) is 27.3 Å². The highest BCUT2D eigenvalue weighted by Gasteiger charge is 2.33. The Balaban J connectivity index is 1.72. The predicted molar refractivity (Wildman–Crippen MR) is 154 cm³/mol. The molecule has 42 heavy (non-hydrogen) atoms. The van der Waals surface area contributed by atoms with Gasteiger partial charge in [0.2, 0.25) is 0 Å². The Morgan fingerprint density at radius 2 is 1.67 bits per heavy atom. The number of benzene rings is 3. The summed E-state index contributed by atoms with van der Waals surface area (Å²) in [7, 11) is 0. The Labute approximate surface area is 243 Å². The highest BCUT2D eigenvalue weighted by molar-refractivity contribution is 6.35. The summed E-state index contributed by atoms with van der Waals surface area (Å²) in [6.45, 7) is 6.74. The van der Waals surface area contributed by atoms with Crippen LogP contribution in [0.1, 0.15) is 45.1 Å². The largest absolute Gasteiger partial charge is 0.444 e. The molecule has 1 aromatic heterocycles. The summed E-state index contributed by atoms with van der Waals surface area (Å²) in [6, 6.07) is 13.6. The summed E-state index contributed by atoms with van der Waals surface area (Å²) in [5.74, 6) is 0.140. The molecule has 0 saturated heterocycles. The minimum atomic E-state index is -4.67. The molecule has 0 spiro atoms. The predicted octanol–water partition coefficient (Wildman–Crippen LogP) is 7.29. The number of halogens is 4. The second-order valence-electron chi connectivity index (χ2n) is 10.3. The first-order chi connectivity index (χ1) is 19.6.